The van der Waals surface area contributed by atoms with Crippen LogP contribution in [0.15, 0.2) is 16.9 Å². The van der Waals surface area contributed by atoms with Crippen LogP contribution in [-0.4, -0.2) is 36.7 Å². The minimum Gasteiger partial charge on any atom is -0.378 e. The minimum absolute atomic E-state index is 0.0184. The molecule has 0 bridgehead atoms. The van der Waals surface area contributed by atoms with Crippen LogP contribution in [0.1, 0.15) is 6.92 Å². The Kier molecular flexibility index (Phi) is 5.34. The number of hydrogen-bond donors (Lipinski definition) is 1. The van der Waals surface area contributed by atoms with Crippen LogP contribution >= 0.6 is 23.2 Å². The van der Waals surface area contributed by atoms with E-state index in [4.69, 9.17) is 27.9 Å². The summed E-state index contributed by atoms with van der Waals surface area (Å²) in [7, 11) is -3.63. The molecule has 0 saturated heterocycles. The summed E-state index contributed by atoms with van der Waals surface area (Å²) in [6, 6.07) is 2.14. The largest absolute Gasteiger partial charge is 0.378 e. The molecule has 0 aliphatic carbocycles. The Morgan fingerprint density at radius 3 is 2.54 bits per heavy atom. The van der Waals surface area contributed by atoms with Crippen molar-refractivity contribution in [1.82, 2.24) is 9.36 Å². The van der Waals surface area contributed by atoms with Gasteiger partial charge in [0.25, 0.3) is 5.56 Å². The fourth-order valence-corrected chi connectivity index (χ4v) is 3.95. The lowest BCUT2D eigenvalue weighted by molar-refractivity contribution is 0.137. The number of anilines is 1. The van der Waals surface area contributed by atoms with E-state index in [9.17, 15) is 17.6 Å². The van der Waals surface area contributed by atoms with Gasteiger partial charge < -0.3 is 4.74 Å². The van der Waals surface area contributed by atoms with Crippen molar-refractivity contribution < 1.29 is 17.5 Å². The van der Waals surface area contributed by atoms with Crippen molar-refractivity contribution in [3.8, 4) is 11.1 Å². The fourth-order valence-electron chi connectivity index (χ4n) is 2.69. The van der Waals surface area contributed by atoms with E-state index in [1.165, 1.54) is 22.4 Å². The van der Waals surface area contributed by atoms with E-state index in [1.54, 1.807) is 0 Å². The van der Waals surface area contributed by atoms with Gasteiger partial charge in [-0.05, 0) is 19.1 Å². The van der Waals surface area contributed by atoms with Gasteiger partial charge >= 0.3 is 0 Å². The maximum absolute atomic E-state index is 14.5. The fraction of sp³-hybridized carbons (Fsp3) is 0.400. The number of nitrogens with zero attached hydrogens (tertiary/aromatic N) is 2. The summed E-state index contributed by atoms with van der Waals surface area (Å²) in [5.74, 6) is -0.953. The molecule has 0 fully saturated rings. The Balaban J connectivity index is 2.18. The highest BCUT2D eigenvalue weighted by molar-refractivity contribution is 7.92. The van der Waals surface area contributed by atoms with Crippen LogP contribution in [0.5, 0.6) is 0 Å². The van der Waals surface area contributed by atoms with Crippen LogP contribution in [-0.2, 0) is 27.8 Å². The predicted molar refractivity (Wildman–Crippen MR) is 98.0 cm³/mol. The lowest BCUT2D eigenvalue weighted by Gasteiger charge is -2.11. The van der Waals surface area contributed by atoms with Crippen molar-refractivity contribution >= 4 is 38.9 Å². The summed E-state index contributed by atoms with van der Waals surface area (Å²) >= 11 is 12.3. The van der Waals surface area contributed by atoms with Crippen LogP contribution in [0.25, 0.3) is 11.1 Å². The van der Waals surface area contributed by atoms with Gasteiger partial charge in [0, 0.05) is 5.56 Å². The third kappa shape index (κ3) is 3.48. The van der Waals surface area contributed by atoms with Gasteiger partial charge in [-0.3, -0.25) is 14.2 Å². The molecule has 0 radical (unpaired) electrons. The van der Waals surface area contributed by atoms with Crippen LogP contribution < -0.4 is 10.3 Å². The molecule has 1 N–H and O–H groups in total. The quantitative estimate of drug-likeness (QED) is 0.818. The van der Waals surface area contributed by atoms with Crippen molar-refractivity contribution in [2.45, 2.75) is 20.0 Å². The first-order chi connectivity index (χ1) is 12.2. The van der Waals surface area contributed by atoms with Gasteiger partial charge in [0.2, 0.25) is 10.0 Å². The number of halogens is 3. The van der Waals surface area contributed by atoms with E-state index in [0.717, 1.165) is 6.07 Å². The summed E-state index contributed by atoms with van der Waals surface area (Å²) in [6.45, 7) is 2.79. The zero-order chi connectivity index (χ0) is 19.1. The first-order valence-electron chi connectivity index (χ1n) is 7.82. The molecule has 2 heterocycles. The summed E-state index contributed by atoms with van der Waals surface area (Å²) < 4.78 is 48.7. The molecule has 11 heteroatoms. The molecule has 0 atom stereocenters. The smallest absolute Gasteiger partial charge is 0.276 e. The van der Waals surface area contributed by atoms with Gasteiger partial charge in [0.05, 0.1) is 48.3 Å². The Hall–Kier alpha value is -1.55. The van der Waals surface area contributed by atoms with E-state index in [2.05, 4.69) is 4.72 Å². The molecule has 1 aromatic heterocycles. The number of benzene rings is 1. The van der Waals surface area contributed by atoms with Crippen molar-refractivity contribution in [2.24, 2.45) is 0 Å². The highest BCUT2D eigenvalue weighted by atomic mass is 35.5. The molecule has 7 nitrogen and oxygen atoms in total. The predicted octanol–water partition coefficient (Wildman–Crippen LogP) is 2.55. The van der Waals surface area contributed by atoms with E-state index in [-0.39, 0.29) is 39.3 Å². The standard InChI is InChI=1S/C15H16Cl2FN3O4S/c1-2-26(23,24)19-12-7-9(11(18)8-10(12)16)13-14(17)20-3-5-25-6-4-21(20)15(13)22/h7-8,19H,2-6H2,1H3. The molecule has 3 rings (SSSR count). The monoisotopic (exact) mass is 423 g/mol. The van der Waals surface area contributed by atoms with E-state index in [1.807, 2.05) is 0 Å². The first-order valence-corrected chi connectivity index (χ1v) is 10.2. The van der Waals surface area contributed by atoms with Crippen LogP contribution in [0.2, 0.25) is 10.2 Å². The maximum atomic E-state index is 14.5. The Morgan fingerprint density at radius 2 is 1.88 bits per heavy atom. The molecular formula is C15H16Cl2FN3O4S. The zero-order valence-corrected chi connectivity index (χ0v) is 16.1. The molecule has 1 aromatic carbocycles. The minimum atomic E-state index is -3.63. The molecule has 26 heavy (non-hydrogen) atoms. The third-order valence-corrected chi connectivity index (χ3v) is 6.03. The number of fused-ring (bicyclic) bond motifs is 1. The van der Waals surface area contributed by atoms with Crippen LogP contribution in [0.4, 0.5) is 10.1 Å². The Morgan fingerprint density at radius 1 is 1.23 bits per heavy atom. The topological polar surface area (TPSA) is 82.3 Å². The summed E-state index contributed by atoms with van der Waals surface area (Å²) in [5.41, 5.74) is -0.659. The number of ether oxygens (including phenoxy) is 1. The van der Waals surface area contributed by atoms with Crippen molar-refractivity contribution in [1.29, 1.82) is 0 Å². The van der Waals surface area contributed by atoms with Gasteiger partial charge in [-0.25, -0.2) is 17.5 Å². The molecule has 0 amide bonds. The summed E-state index contributed by atoms with van der Waals surface area (Å²) in [6.07, 6.45) is 0. The molecule has 2 aromatic rings. The number of sulfonamides is 1. The van der Waals surface area contributed by atoms with Crippen molar-refractivity contribution in [2.75, 3.05) is 23.7 Å². The number of rotatable bonds is 4. The van der Waals surface area contributed by atoms with Crippen LogP contribution in [0, 0.1) is 5.82 Å². The second-order valence-electron chi connectivity index (χ2n) is 5.65. The Bertz CT molecular complexity index is 1020. The highest BCUT2D eigenvalue weighted by Gasteiger charge is 2.25. The second kappa shape index (κ2) is 7.22. The van der Waals surface area contributed by atoms with Gasteiger partial charge in [-0.15, -0.1) is 0 Å². The highest BCUT2D eigenvalue weighted by Crippen LogP contribution is 2.34. The third-order valence-electron chi connectivity index (χ3n) is 4.04. The lowest BCUT2D eigenvalue weighted by atomic mass is 10.1. The number of aromatic nitrogens is 2. The Labute approximate surface area is 159 Å². The molecular weight excluding hydrogens is 408 g/mol. The van der Waals surface area contributed by atoms with E-state index >= 15 is 0 Å². The van der Waals surface area contributed by atoms with Crippen LogP contribution in [0.3, 0.4) is 0 Å². The lowest BCUT2D eigenvalue weighted by Crippen LogP contribution is -2.23. The van der Waals surface area contributed by atoms with Crippen molar-refractivity contribution in [3.05, 3.63) is 38.5 Å². The molecule has 142 valence electrons. The van der Waals surface area contributed by atoms with E-state index in [0.29, 0.717) is 19.8 Å². The second-order valence-corrected chi connectivity index (χ2v) is 8.42. The van der Waals surface area contributed by atoms with Gasteiger partial charge in [-0.2, -0.15) is 0 Å². The molecule has 1 aliphatic heterocycles. The molecule has 0 saturated carbocycles. The summed E-state index contributed by atoms with van der Waals surface area (Å²) in [4.78, 5) is 12.7. The maximum Gasteiger partial charge on any atom is 0.276 e. The first kappa shape index (κ1) is 19.2. The molecule has 1 aliphatic rings. The molecule has 0 unspecified atom stereocenters. The van der Waals surface area contributed by atoms with Gasteiger partial charge in [0.15, 0.2) is 0 Å². The summed E-state index contributed by atoms with van der Waals surface area (Å²) in [5, 5.41) is -0.0558. The molecule has 0 spiro atoms. The zero-order valence-electron chi connectivity index (χ0n) is 13.8. The number of nitrogens with one attached hydrogen (secondary N) is 1. The van der Waals surface area contributed by atoms with Gasteiger partial charge in [-0.1, -0.05) is 23.2 Å². The SMILES string of the molecule is CCS(=O)(=O)Nc1cc(-c2c(Cl)n3n(c2=O)CCOCC3)c(F)cc1Cl. The average molecular weight is 424 g/mol. The van der Waals surface area contributed by atoms with Gasteiger partial charge in [0.1, 0.15) is 11.0 Å². The number of hydrogen-bond acceptors (Lipinski definition) is 4. The normalized spacial score (nSPS) is 14.8. The average Bonchev–Trinajstić information content (AvgIpc) is 2.75. The van der Waals surface area contributed by atoms with Crippen molar-refractivity contribution in [3.63, 3.8) is 0 Å². The van der Waals surface area contributed by atoms with E-state index < -0.39 is 21.4 Å².